The normalized spacial score (nSPS) is 16.2. The van der Waals surface area contributed by atoms with Gasteiger partial charge in [-0.2, -0.15) is 0 Å². The van der Waals surface area contributed by atoms with Crippen LogP contribution in [-0.2, 0) is 9.53 Å². The molecule has 1 unspecified atom stereocenters. The van der Waals surface area contributed by atoms with Crippen molar-refractivity contribution in [2.45, 2.75) is 25.8 Å². The van der Waals surface area contributed by atoms with Crippen molar-refractivity contribution in [3.63, 3.8) is 0 Å². The minimum Gasteiger partial charge on any atom is -0.465 e. The summed E-state index contributed by atoms with van der Waals surface area (Å²) in [5.41, 5.74) is 0.747. The van der Waals surface area contributed by atoms with Crippen LogP contribution in [0.2, 0.25) is 10.0 Å². The maximum atomic E-state index is 12.0. The summed E-state index contributed by atoms with van der Waals surface area (Å²) >= 11 is 12.0. The molecular formula is C14H17Cl2NO2. The summed E-state index contributed by atoms with van der Waals surface area (Å²) in [6, 6.07) is 4.64. The van der Waals surface area contributed by atoms with Crippen molar-refractivity contribution in [3.05, 3.63) is 33.8 Å². The maximum absolute atomic E-state index is 12.0. The molecule has 5 heteroatoms. The zero-order valence-corrected chi connectivity index (χ0v) is 12.3. The van der Waals surface area contributed by atoms with Crippen LogP contribution in [0, 0.1) is 5.92 Å². The van der Waals surface area contributed by atoms with Gasteiger partial charge >= 0.3 is 5.97 Å². The van der Waals surface area contributed by atoms with Gasteiger partial charge in [0, 0.05) is 10.0 Å². The molecule has 1 atom stereocenters. The Morgan fingerprint density at radius 3 is 2.53 bits per heavy atom. The predicted molar refractivity (Wildman–Crippen MR) is 76.6 cm³/mol. The van der Waals surface area contributed by atoms with Gasteiger partial charge < -0.3 is 10.1 Å². The molecule has 0 amide bonds. The summed E-state index contributed by atoms with van der Waals surface area (Å²) in [5, 5.41) is 4.28. The number of benzene rings is 1. The number of hydrogen-bond acceptors (Lipinski definition) is 3. The minimum atomic E-state index is -0.503. The largest absolute Gasteiger partial charge is 0.465 e. The fourth-order valence-electron chi connectivity index (χ4n) is 1.91. The van der Waals surface area contributed by atoms with E-state index in [0.29, 0.717) is 22.6 Å². The van der Waals surface area contributed by atoms with E-state index in [2.05, 4.69) is 5.32 Å². The van der Waals surface area contributed by atoms with E-state index in [1.165, 1.54) is 12.8 Å². The second-order valence-electron chi connectivity index (χ2n) is 4.74. The lowest BCUT2D eigenvalue weighted by Crippen LogP contribution is -2.31. The molecule has 1 saturated carbocycles. The van der Waals surface area contributed by atoms with Gasteiger partial charge in [0.25, 0.3) is 0 Å². The Morgan fingerprint density at radius 2 is 2.00 bits per heavy atom. The standard InChI is InChI=1S/C14H17Cl2NO2/c1-2-19-14(18)13(17-8-9-3-4-9)10-5-11(15)7-12(16)6-10/h5-7,9,13,17H,2-4,8H2,1H3. The van der Waals surface area contributed by atoms with Gasteiger partial charge in [0.2, 0.25) is 0 Å². The Hall–Kier alpha value is -0.770. The number of carbonyl (C=O) groups excluding carboxylic acids is 1. The van der Waals surface area contributed by atoms with E-state index in [0.717, 1.165) is 12.1 Å². The first-order chi connectivity index (χ1) is 9.10. The maximum Gasteiger partial charge on any atom is 0.327 e. The Labute approximate surface area is 123 Å². The number of rotatable bonds is 6. The molecule has 1 fully saturated rings. The molecule has 19 heavy (non-hydrogen) atoms. The second kappa shape index (κ2) is 6.60. The van der Waals surface area contributed by atoms with Gasteiger partial charge in [-0.25, -0.2) is 4.79 Å². The zero-order chi connectivity index (χ0) is 13.8. The van der Waals surface area contributed by atoms with E-state index in [9.17, 15) is 4.79 Å². The molecule has 1 aliphatic rings. The first kappa shape index (κ1) is 14.6. The summed E-state index contributed by atoms with van der Waals surface area (Å²) in [4.78, 5) is 12.0. The second-order valence-corrected chi connectivity index (χ2v) is 5.61. The topological polar surface area (TPSA) is 38.3 Å². The number of nitrogens with one attached hydrogen (secondary N) is 1. The van der Waals surface area contributed by atoms with Crippen molar-refractivity contribution in [1.29, 1.82) is 0 Å². The van der Waals surface area contributed by atoms with E-state index in [1.54, 1.807) is 25.1 Å². The summed E-state index contributed by atoms with van der Waals surface area (Å²) < 4.78 is 5.10. The molecule has 1 aromatic rings. The fourth-order valence-corrected chi connectivity index (χ4v) is 2.45. The lowest BCUT2D eigenvalue weighted by Gasteiger charge is -2.18. The van der Waals surface area contributed by atoms with Crippen molar-refractivity contribution in [2.75, 3.05) is 13.2 Å². The van der Waals surface area contributed by atoms with Crippen LogP contribution in [0.1, 0.15) is 31.4 Å². The molecule has 0 heterocycles. The van der Waals surface area contributed by atoms with Crippen LogP contribution in [0.25, 0.3) is 0 Å². The highest BCUT2D eigenvalue weighted by atomic mass is 35.5. The van der Waals surface area contributed by atoms with E-state index >= 15 is 0 Å². The molecule has 2 rings (SSSR count). The third-order valence-corrected chi connectivity index (χ3v) is 3.48. The first-order valence-corrected chi connectivity index (χ1v) is 7.21. The molecular weight excluding hydrogens is 285 g/mol. The fraction of sp³-hybridized carbons (Fsp3) is 0.500. The number of ether oxygens (including phenoxy) is 1. The number of hydrogen-bond donors (Lipinski definition) is 1. The number of halogens is 2. The first-order valence-electron chi connectivity index (χ1n) is 6.46. The average molecular weight is 302 g/mol. The van der Waals surface area contributed by atoms with Gasteiger partial charge in [0.15, 0.2) is 0 Å². The van der Waals surface area contributed by atoms with Crippen LogP contribution in [-0.4, -0.2) is 19.1 Å². The van der Waals surface area contributed by atoms with Crippen molar-refractivity contribution in [2.24, 2.45) is 5.92 Å². The van der Waals surface area contributed by atoms with Crippen LogP contribution >= 0.6 is 23.2 Å². The van der Waals surface area contributed by atoms with Crippen molar-refractivity contribution in [1.82, 2.24) is 5.32 Å². The van der Waals surface area contributed by atoms with Gasteiger partial charge in [-0.3, -0.25) is 0 Å². The highest BCUT2D eigenvalue weighted by Gasteiger charge is 2.27. The molecule has 0 aliphatic heterocycles. The Kier molecular flexibility index (Phi) is 5.08. The smallest absolute Gasteiger partial charge is 0.327 e. The third kappa shape index (κ3) is 4.37. The molecule has 104 valence electrons. The molecule has 3 nitrogen and oxygen atoms in total. The number of carbonyl (C=O) groups is 1. The van der Waals surface area contributed by atoms with Crippen LogP contribution in [0.5, 0.6) is 0 Å². The van der Waals surface area contributed by atoms with Gasteiger partial charge in [0.05, 0.1) is 6.61 Å². The van der Waals surface area contributed by atoms with E-state index in [-0.39, 0.29) is 5.97 Å². The average Bonchev–Trinajstić information content (AvgIpc) is 3.12. The predicted octanol–water partition coefficient (Wildman–Crippen LogP) is 3.60. The van der Waals surface area contributed by atoms with E-state index in [4.69, 9.17) is 27.9 Å². The highest BCUT2D eigenvalue weighted by Crippen LogP contribution is 2.30. The molecule has 0 aromatic heterocycles. The van der Waals surface area contributed by atoms with Gasteiger partial charge in [-0.1, -0.05) is 23.2 Å². The minimum absolute atomic E-state index is 0.290. The molecule has 0 saturated heterocycles. The summed E-state index contributed by atoms with van der Waals surface area (Å²) in [7, 11) is 0. The third-order valence-electron chi connectivity index (χ3n) is 3.05. The van der Waals surface area contributed by atoms with E-state index in [1.807, 2.05) is 0 Å². The Morgan fingerprint density at radius 1 is 1.37 bits per heavy atom. The van der Waals surface area contributed by atoms with Crippen molar-refractivity contribution >= 4 is 29.2 Å². The van der Waals surface area contributed by atoms with Gasteiger partial charge in [-0.05, 0) is 56.0 Å². The Balaban J connectivity index is 2.15. The quantitative estimate of drug-likeness (QED) is 0.816. The monoisotopic (exact) mass is 301 g/mol. The van der Waals surface area contributed by atoms with Crippen LogP contribution in [0.15, 0.2) is 18.2 Å². The SMILES string of the molecule is CCOC(=O)C(NCC1CC1)c1cc(Cl)cc(Cl)c1. The Bertz CT molecular complexity index is 441. The van der Waals surface area contributed by atoms with Crippen LogP contribution in [0.4, 0.5) is 0 Å². The summed E-state index contributed by atoms with van der Waals surface area (Å²) in [6.45, 7) is 2.96. The van der Waals surface area contributed by atoms with Crippen molar-refractivity contribution in [3.8, 4) is 0 Å². The molecule has 0 spiro atoms. The molecule has 1 N–H and O–H groups in total. The van der Waals surface area contributed by atoms with Gasteiger partial charge in [-0.15, -0.1) is 0 Å². The highest BCUT2D eigenvalue weighted by molar-refractivity contribution is 6.34. The van der Waals surface area contributed by atoms with Crippen LogP contribution < -0.4 is 5.32 Å². The van der Waals surface area contributed by atoms with Gasteiger partial charge in [0.1, 0.15) is 6.04 Å². The number of esters is 1. The van der Waals surface area contributed by atoms with Crippen molar-refractivity contribution < 1.29 is 9.53 Å². The molecule has 0 radical (unpaired) electrons. The lowest BCUT2D eigenvalue weighted by atomic mass is 10.1. The summed E-state index contributed by atoms with van der Waals surface area (Å²) in [5.74, 6) is 0.382. The lowest BCUT2D eigenvalue weighted by molar-refractivity contribution is -0.145. The van der Waals surface area contributed by atoms with E-state index < -0.39 is 6.04 Å². The summed E-state index contributed by atoms with van der Waals surface area (Å²) in [6.07, 6.45) is 2.44. The molecule has 1 aromatic carbocycles. The van der Waals surface area contributed by atoms with Crippen LogP contribution in [0.3, 0.4) is 0 Å². The zero-order valence-electron chi connectivity index (χ0n) is 10.8. The molecule has 0 bridgehead atoms. The molecule has 1 aliphatic carbocycles.